The number of carbonyl (C=O) groups excluding carboxylic acids is 2. The largest absolute Gasteiger partial charge is 0.473 e. The van der Waals surface area contributed by atoms with Gasteiger partial charge >= 0.3 is 11.9 Å². The standard InChI is InChI=1S/C6H11NO2.C2H2O4/c1-5(8)3-7-4-6(2)9;3-1(4)2(5)6/h7H,3-4H2,1-2H3;(H,3,4)(H,5,6). The summed E-state index contributed by atoms with van der Waals surface area (Å²) in [7, 11) is 0. The molecule has 0 unspecified atom stereocenters. The summed E-state index contributed by atoms with van der Waals surface area (Å²) in [5.41, 5.74) is 0. The van der Waals surface area contributed by atoms with Crippen LogP contribution in [0.2, 0.25) is 0 Å². The normalized spacial score (nSPS) is 8.40. The van der Waals surface area contributed by atoms with Crippen LogP contribution in [0.5, 0.6) is 0 Å². The van der Waals surface area contributed by atoms with Crippen molar-refractivity contribution >= 4 is 23.5 Å². The van der Waals surface area contributed by atoms with Crippen LogP contribution in [0.3, 0.4) is 0 Å². The second-order valence-corrected chi connectivity index (χ2v) is 2.62. The van der Waals surface area contributed by atoms with Crippen molar-refractivity contribution in [1.29, 1.82) is 0 Å². The molecule has 0 rings (SSSR count). The highest BCUT2D eigenvalue weighted by Gasteiger charge is 2.04. The summed E-state index contributed by atoms with van der Waals surface area (Å²) in [4.78, 5) is 38.7. The summed E-state index contributed by atoms with van der Waals surface area (Å²) in [5, 5.41) is 17.5. The van der Waals surface area contributed by atoms with E-state index in [1.807, 2.05) is 0 Å². The maximum absolute atomic E-state index is 10.3. The van der Waals surface area contributed by atoms with Crippen molar-refractivity contribution in [2.45, 2.75) is 13.8 Å². The van der Waals surface area contributed by atoms with Crippen molar-refractivity contribution < 1.29 is 29.4 Å². The van der Waals surface area contributed by atoms with Crippen molar-refractivity contribution in [2.75, 3.05) is 13.1 Å². The lowest BCUT2D eigenvalue weighted by molar-refractivity contribution is -0.159. The molecule has 0 spiro atoms. The zero-order chi connectivity index (χ0) is 12.4. The Morgan fingerprint density at radius 2 is 1.13 bits per heavy atom. The second kappa shape index (κ2) is 8.82. The second-order valence-electron chi connectivity index (χ2n) is 2.62. The van der Waals surface area contributed by atoms with Crippen LogP contribution in [0.15, 0.2) is 0 Å². The fraction of sp³-hybridized carbons (Fsp3) is 0.500. The smallest absolute Gasteiger partial charge is 0.414 e. The number of hydrogen-bond donors (Lipinski definition) is 3. The van der Waals surface area contributed by atoms with E-state index in [0.717, 1.165) is 0 Å². The molecule has 0 aliphatic heterocycles. The number of hydrogen-bond acceptors (Lipinski definition) is 5. The summed E-state index contributed by atoms with van der Waals surface area (Å²) < 4.78 is 0. The first kappa shape index (κ1) is 15.7. The summed E-state index contributed by atoms with van der Waals surface area (Å²) in [6.45, 7) is 3.54. The third kappa shape index (κ3) is 18.9. The number of rotatable bonds is 4. The van der Waals surface area contributed by atoms with E-state index in [1.54, 1.807) is 0 Å². The lowest BCUT2D eigenvalue weighted by Crippen LogP contribution is -2.25. The molecule has 0 radical (unpaired) electrons. The molecule has 7 nitrogen and oxygen atoms in total. The summed E-state index contributed by atoms with van der Waals surface area (Å²) in [5.74, 6) is -3.54. The van der Waals surface area contributed by atoms with Crippen LogP contribution in [0, 0.1) is 0 Å². The maximum atomic E-state index is 10.3. The molecule has 0 saturated carbocycles. The quantitative estimate of drug-likeness (QED) is 0.513. The Balaban J connectivity index is 0. The van der Waals surface area contributed by atoms with Gasteiger partial charge in [0.25, 0.3) is 0 Å². The first-order valence-corrected chi connectivity index (χ1v) is 3.93. The summed E-state index contributed by atoms with van der Waals surface area (Å²) >= 11 is 0. The zero-order valence-electron chi connectivity index (χ0n) is 8.44. The van der Waals surface area contributed by atoms with Gasteiger partial charge in [-0.15, -0.1) is 0 Å². The molecule has 15 heavy (non-hydrogen) atoms. The van der Waals surface area contributed by atoms with Gasteiger partial charge in [-0.25, -0.2) is 9.59 Å². The number of carbonyl (C=O) groups is 4. The monoisotopic (exact) mass is 219 g/mol. The van der Waals surface area contributed by atoms with Crippen molar-refractivity contribution in [3.8, 4) is 0 Å². The topological polar surface area (TPSA) is 121 Å². The molecular formula is C8H13NO6. The zero-order valence-corrected chi connectivity index (χ0v) is 8.44. The molecule has 0 aromatic carbocycles. The summed E-state index contributed by atoms with van der Waals surface area (Å²) in [6.07, 6.45) is 0. The Hall–Kier alpha value is -1.76. The highest BCUT2D eigenvalue weighted by molar-refractivity contribution is 6.27. The van der Waals surface area contributed by atoms with Gasteiger partial charge < -0.3 is 15.5 Å². The molecule has 86 valence electrons. The number of carboxylic acid groups (broad SMARTS) is 2. The Labute approximate surface area is 86.1 Å². The van der Waals surface area contributed by atoms with Gasteiger partial charge in [0, 0.05) is 0 Å². The molecule has 0 aliphatic carbocycles. The molecular weight excluding hydrogens is 206 g/mol. The average Bonchev–Trinajstić information content (AvgIpc) is 2.03. The van der Waals surface area contributed by atoms with Crippen molar-refractivity contribution in [3.05, 3.63) is 0 Å². The number of aliphatic carboxylic acids is 2. The first-order valence-electron chi connectivity index (χ1n) is 3.93. The van der Waals surface area contributed by atoms with Gasteiger partial charge in [0.15, 0.2) is 0 Å². The van der Waals surface area contributed by atoms with Gasteiger partial charge in [-0.3, -0.25) is 9.59 Å². The van der Waals surface area contributed by atoms with Gasteiger partial charge in [-0.2, -0.15) is 0 Å². The highest BCUT2D eigenvalue weighted by atomic mass is 16.4. The minimum atomic E-state index is -1.82. The van der Waals surface area contributed by atoms with Crippen LogP contribution in [0.25, 0.3) is 0 Å². The fourth-order valence-electron chi connectivity index (χ4n) is 0.415. The lowest BCUT2D eigenvalue weighted by atomic mass is 10.4. The van der Waals surface area contributed by atoms with E-state index in [9.17, 15) is 9.59 Å². The van der Waals surface area contributed by atoms with E-state index in [1.165, 1.54) is 13.8 Å². The highest BCUT2D eigenvalue weighted by Crippen LogP contribution is 1.66. The molecule has 0 aromatic rings. The SMILES string of the molecule is CC(=O)CNCC(C)=O.O=C(O)C(=O)O. The third-order valence-corrected chi connectivity index (χ3v) is 0.931. The van der Waals surface area contributed by atoms with E-state index in [2.05, 4.69) is 5.32 Å². The van der Waals surface area contributed by atoms with Gasteiger partial charge in [-0.1, -0.05) is 0 Å². The predicted octanol–water partition coefficient (Wildman–Crippen LogP) is -1.09. The molecule has 0 heterocycles. The maximum Gasteiger partial charge on any atom is 0.414 e. The minimum absolute atomic E-state index is 0.0521. The Bertz CT molecular complexity index is 234. The number of Topliss-reactive ketones (excluding diaryl/α,β-unsaturated/α-hetero) is 2. The van der Waals surface area contributed by atoms with Crippen molar-refractivity contribution in [3.63, 3.8) is 0 Å². The number of carboxylic acids is 2. The third-order valence-electron chi connectivity index (χ3n) is 0.931. The van der Waals surface area contributed by atoms with Crippen LogP contribution in [0.4, 0.5) is 0 Å². The number of nitrogens with one attached hydrogen (secondary N) is 1. The molecule has 0 saturated heterocycles. The lowest BCUT2D eigenvalue weighted by Gasteiger charge is -1.95. The van der Waals surface area contributed by atoms with E-state index >= 15 is 0 Å². The summed E-state index contributed by atoms with van der Waals surface area (Å²) in [6, 6.07) is 0. The van der Waals surface area contributed by atoms with Crippen LogP contribution in [-0.4, -0.2) is 46.8 Å². The molecule has 0 aromatic heterocycles. The molecule has 0 atom stereocenters. The number of ketones is 2. The molecule has 0 aliphatic rings. The van der Waals surface area contributed by atoms with Crippen LogP contribution >= 0.6 is 0 Å². The van der Waals surface area contributed by atoms with Gasteiger partial charge in [0.1, 0.15) is 11.6 Å². The Kier molecular flexibility index (Phi) is 9.23. The van der Waals surface area contributed by atoms with Crippen molar-refractivity contribution in [1.82, 2.24) is 5.32 Å². The van der Waals surface area contributed by atoms with E-state index < -0.39 is 11.9 Å². The molecule has 0 fully saturated rings. The van der Waals surface area contributed by atoms with Gasteiger partial charge in [0.05, 0.1) is 13.1 Å². The van der Waals surface area contributed by atoms with Crippen molar-refractivity contribution in [2.24, 2.45) is 0 Å². The molecule has 7 heteroatoms. The molecule has 0 bridgehead atoms. The van der Waals surface area contributed by atoms with E-state index in [-0.39, 0.29) is 11.6 Å². The van der Waals surface area contributed by atoms with E-state index in [4.69, 9.17) is 19.8 Å². The minimum Gasteiger partial charge on any atom is -0.473 e. The van der Waals surface area contributed by atoms with Gasteiger partial charge in [0.2, 0.25) is 0 Å². The average molecular weight is 219 g/mol. The Morgan fingerprint density at radius 1 is 0.867 bits per heavy atom. The predicted molar refractivity (Wildman–Crippen MR) is 49.5 cm³/mol. The Morgan fingerprint density at radius 3 is 1.27 bits per heavy atom. The van der Waals surface area contributed by atoms with Crippen LogP contribution in [0.1, 0.15) is 13.8 Å². The first-order chi connectivity index (χ1) is 6.77. The molecule has 0 amide bonds. The van der Waals surface area contributed by atoms with Crippen LogP contribution < -0.4 is 5.32 Å². The van der Waals surface area contributed by atoms with E-state index in [0.29, 0.717) is 13.1 Å². The fourth-order valence-corrected chi connectivity index (χ4v) is 0.415. The molecule has 3 N–H and O–H groups in total. The van der Waals surface area contributed by atoms with Gasteiger partial charge in [-0.05, 0) is 13.8 Å². The van der Waals surface area contributed by atoms with Crippen LogP contribution in [-0.2, 0) is 19.2 Å².